The smallest absolute Gasteiger partial charge is 0.266 e. The number of hydrogen-bond acceptors (Lipinski definition) is 4. The van der Waals surface area contributed by atoms with Crippen molar-refractivity contribution in [2.45, 2.75) is 19.3 Å². The molecule has 0 saturated carbocycles. The van der Waals surface area contributed by atoms with Gasteiger partial charge in [0.1, 0.15) is 11.3 Å². The van der Waals surface area contributed by atoms with Gasteiger partial charge in [-0.3, -0.25) is 14.0 Å². The lowest BCUT2D eigenvalue weighted by atomic mass is 10.0. The van der Waals surface area contributed by atoms with Crippen molar-refractivity contribution in [1.82, 2.24) is 9.38 Å². The lowest BCUT2D eigenvalue weighted by Gasteiger charge is -2.05. The monoisotopic (exact) mass is 356 g/mol. The molecule has 0 radical (unpaired) electrons. The second-order valence-corrected chi connectivity index (χ2v) is 6.68. The largest absolute Gasteiger partial charge is 0.339 e. The number of aromatic amines is 1. The molecular weight excluding hydrogens is 340 g/mol. The van der Waals surface area contributed by atoms with Crippen LogP contribution in [0.3, 0.4) is 0 Å². The van der Waals surface area contributed by atoms with Crippen molar-refractivity contribution >= 4 is 38.9 Å². The van der Waals surface area contributed by atoms with Crippen molar-refractivity contribution < 1.29 is 4.79 Å². The van der Waals surface area contributed by atoms with Crippen LogP contribution in [-0.2, 0) is 4.79 Å². The third kappa shape index (κ3) is 2.49. The number of carbonyl (C=O) groups excluding carboxylic acids is 1. The normalized spacial score (nSPS) is 15.3. The van der Waals surface area contributed by atoms with Crippen molar-refractivity contribution in [2.75, 3.05) is 0 Å². The van der Waals surface area contributed by atoms with Gasteiger partial charge in [0.15, 0.2) is 5.78 Å². The molecule has 2 aromatic carbocycles. The molecule has 0 amide bonds. The van der Waals surface area contributed by atoms with E-state index in [9.17, 15) is 9.59 Å². The minimum Gasteiger partial charge on any atom is -0.339 e. The Morgan fingerprint density at radius 3 is 2.52 bits per heavy atom. The van der Waals surface area contributed by atoms with E-state index in [1.807, 2.05) is 48.5 Å². The van der Waals surface area contributed by atoms with Crippen LogP contribution in [0.15, 0.2) is 75.3 Å². The van der Waals surface area contributed by atoms with E-state index in [1.54, 1.807) is 10.5 Å². The summed E-state index contributed by atoms with van der Waals surface area (Å²) in [6.07, 6.45) is 3.66. The predicted molar refractivity (Wildman–Crippen MR) is 104 cm³/mol. The first-order chi connectivity index (χ1) is 13.2. The van der Waals surface area contributed by atoms with Crippen LogP contribution in [0.4, 0.5) is 5.69 Å². The van der Waals surface area contributed by atoms with Gasteiger partial charge in [-0.1, -0.05) is 30.3 Å². The maximum absolute atomic E-state index is 13.1. The minimum absolute atomic E-state index is 0.0844. The van der Waals surface area contributed by atoms with Crippen LogP contribution in [0, 0.1) is 0 Å². The van der Waals surface area contributed by atoms with Gasteiger partial charge in [-0.25, -0.2) is 0 Å². The van der Waals surface area contributed by atoms with E-state index in [-0.39, 0.29) is 11.3 Å². The number of nitrogens with zero attached hydrogens (tertiary/aromatic N) is 3. The Morgan fingerprint density at radius 1 is 0.889 bits per heavy atom. The van der Waals surface area contributed by atoms with Crippen LogP contribution in [0.25, 0.3) is 27.5 Å². The molecule has 132 valence electrons. The molecule has 0 bridgehead atoms. The number of carbonyl (C=O) groups is 1. The summed E-state index contributed by atoms with van der Waals surface area (Å²) in [4.78, 5) is 28.0. The quantitative estimate of drug-likeness (QED) is 0.530. The van der Waals surface area contributed by atoms with Gasteiger partial charge in [0, 0.05) is 17.9 Å². The fourth-order valence-electron chi connectivity index (χ4n) is 3.64. The van der Waals surface area contributed by atoms with E-state index in [2.05, 4.69) is 15.2 Å². The highest BCUT2D eigenvalue weighted by molar-refractivity contribution is 6.01. The second-order valence-electron chi connectivity index (χ2n) is 6.68. The maximum Gasteiger partial charge on any atom is 0.266 e. The molecule has 2 heterocycles. The molecule has 1 aliphatic rings. The standard InChI is InChI=1S/C21H16N4O2/c26-14-7-5-6-13(12-14)23-24-19-16-9-2-4-11-18(16)25-20(19)22-17-10-3-1-8-15(17)21(25)27/h1-4,8-12,22H,5-7H2. The molecular formula is C21H16N4O2. The fourth-order valence-corrected chi connectivity index (χ4v) is 3.64. The SMILES string of the molecule is O=C1C=C(N=Nc2c3ccccc3n3c(=O)c4ccccc4[nH]c23)CCC1. The summed E-state index contributed by atoms with van der Waals surface area (Å²) in [7, 11) is 0. The Hall–Kier alpha value is -3.54. The number of benzene rings is 2. The summed E-state index contributed by atoms with van der Waals surface area (Å²) in [5.74, 6) is 0.0844. The van der Waals surface area contributed by atoms with E-state index in [0.29, 0.717) is 28.8 Å². The molecule has 0 saturated heterocycles. The zero-order valence-corrected chi connectivity index (χ0v) is 14.5. The average molecular weight is 356 g/mol. The lowest BCUT2D eigenvalue weighted by molar-refractivity contribution is -0.115. The van der Waals surface area contributed by atoms with Gasteiger partial charge in [-0.05, 0) is 31.0 Å². The first-order valence-corrected chi connectivity index (χ1v) is 8.92. The van der Waals surface area contributed by atoms with Crippen LogP contribution >= 0.6 is 0 Å². The predicted octanol–water partition coefficient (Wildman–Crippen LogP) is 4.65. The zero-order chi connectivity index (χ0) is 18.4. The highest BCUT2D eigenvalue weighted by Gasteiger charge is 2.16. The van der Waals surface area contributed by atoms with Crippen LogP contribution in [0.2, 0.25) is 0 Å². The Labute approximate surface area is 153 Å². The number of fused-ring (bicyclic) bond motifs is 4. The molecule has 0 spiro atoms. The highest BCUT2D eigenvalue weighted by atomic mass is 16.1. The zero-order valence-electron chi connectivity index (χ0n) is 14.5. The molecule has 0 unspecified atom stereocenters. The summed E-state index contributed by atoms with van der Waals surface area (Å²) < 4.78 is 1.65. The van der Waals surface area contributed by atoms with Crippen molar-refractivity contribution in [2.24, 2.45) is 10.2 Å². The molecule has 5 rings (SSSR count). The van der Waals surface area contributed by atoms with Gasteiger partial charge in [0.05, 0.1) is 22.1 Å². The fraction of sp³-hybridized carbons (Fsp3) is 0.143. The number of para-hydroxylation sites is 2. The maximum atomic E-state index is 13.1. The van der Waals surface area contributed by atoms with E-state index >= 15 is 0 Å². The second kappa shape index (κ2) is 6.02. The molecule has 1 N–H and O–H groups in total. The summed E-state index contributed by atoms with van der Waals surface area (Å²) in [5.41, 5.74) is 3.32. The molecule has 0 fully saturated rings. The first kappa shape index (κ1) is 15.7. The lowest BCUT2D eigenvalue weighted by Crippen LogP contribution is -2.13. The molecule has 4 aromatic rings. The van der Waals surface area contributed by atoms with Crippen LogP contribution in [-0.4, -0.2) is 15.2 Å². The van der Waals surface area contributed by atoms with Crippen molar-refractivity contribution in [3.63, 3.8) is 0 Å². The number of hydrogen-bond donors (Lipinski definition) is 1. The summed E-state index contributed by atoms with van der Waals surface area (Å²) in [5, 5.41) is 10.2. The third-order valence-corrected chi connectivity index (χ3v) is 4.92. The average Bonchev–Trinajstić information content (AvgIpc) is 3.00. The van der Waals surface area contributed by atoms with E-state index in [4.69, 9.17) is 0 Å². The highest BCUT2D eigenvalue weighted by Crippen LogP contribution is 2.33. The van der Waals surface area contributed by atoms with Gasteiger partial charge < -0.3 is 4.98 Å². The Bertz CT molecular complexity index is 1340. The topological polar surface area (TPSA) is 79.1 Å². The van der Waals surface area contributed by atoms with Crippen molar-refractivity contribution in [3.8, 4) is 0 Å². The van der Waals surface area contributed by atoms with E-state index in [0.717, 1.165) is 29.3 Å². The molecule has 0 atom stereocenters. The van der Waals surface area contributed by atoms with Crippen molar-refractivity contribution in [3.05, 3.63) is 70.7 Å². The molecule has 1 aliphatic carbocycles. The number of allylic oxidation sites excluding steroid dienone is 2. The van der Waals surface area contributed by atoms with Crippen molar-refractivity contribution in [1.29, 1.82) is 0 Å². The Morgan fingerprint density at radius 2 is 1.67 bits per heavy atom. The first-order valence-electron chi connectivity index (χ1n) is 8.92. The van der Waals surface area contributed by atoms with Crippen LogP contribution < -0.4 is 5.56 Å². The Kier molecular flexibility index (Phi) is 3.50. The number of nitrogens with one attached hydrogen (secondary N) is 1. The molecule has 27 heavy (non-hydrogen) atoms. The molecule has 2 aromatic heterocycles. The molecule has 6 nitrogen and oxygen atoms in total. The minimum atomic E-state index is -0.0935. The number of aromatic nitrogens is 2. The van der Waals surface area contributed by atoms with Crippen LogP contribution in [0.1, 0.15) is 19.3 Å². The molecule has 6 heteroatoms. The van der Waals surface area contributed by atoms with Gasteiger partial charge in [-0.2, -0.15) is 5.11 Å². The number of H-pyrrole nitrogens is 1. The summed E-state index contributed by atoms with van der Waals surface area (Å²) in [6, 6.07) is 15.0. The van der Waals surface area contributed by atoms with Gasteiger partial charge in [-0.15, -0.1) is 5.11 Å². The van der Waals surface area contributed by atoms with Gasteiger partial charge in [0.25, 0.3) is 5.56 Å². The van der Waals surface area contributed by atoms with E-state index < -0.39 is 0 Å². The number of ketones is 1. The van der Waals surface area contributed by atoms with Crippen LogP contribution in [0.5, 0.6) is 0 Å². The Balaban J connectivity index is 1.82. The molecule has 0 aliphatic heterocycles. The van der Waals surface area contributed by atoms with E-state index in [1.165, 1.54) is 0 Å². The summed E-state index contributed by atoms with van der Waals surface area (Å²) in [6.45, 7) is 0. The van der Waals surface area contributed by atoms with Gasteiger partial charge in [0.2, 0.25) is 0 Å². The number of azo groups is 1. The van der Waals surface area contributed by atoms with Gasteiger partial charge >= 0.3 is 0 Å². The third-order valence-electron chi connectivity index (χ3n) is 4.92. The number of rotatable bonds is 2. The summed E-state index contributed by atoms with van der Waals surface area (Å²) >= 11 is 0.